The minimum atomic E-state index is -0.669. The summed E-state index contributed by atoms with van der Waals surface area (Å²) in [7, 11) is 0. The van der Waals surface area contributed by atoms with Crippen molar-refractivity contribution in [3.8, 4) is 0 Å². The van der Waals surface area contributed by atoms with Crippen LogP contribution < -0.4 is 42.5 Å². The summed E-state index contributed by atoms with van der Waals surface area (Å²) in [5.74, 6) is 7.36. The van der Waals surface area contributed by atoms with E-state index in [1.54, 1.807) is 0 Å². The van der Waals surface area contributed by atoms with Crippen LogP contribution in [-0.2, 0) is 9.59 Å². The van der Waals surface area contributed by atoms with E-state index in [1.165, 1.54) is 385 Å². The second kappa shape index (κ2) is 55.5. The Balaban J connectivity index is 1.15. The predicted molar refractivity (Wildman–Crippen MR) is 475 cm³/mol. The van der Waals surface area contributed by atoms with Crippen molar-refractivity contribution >= 4 is 11.9 Å². The van der Waals surface area contributed by atoms with Gasteiger partial charge in [0.2, 0.25) is 0 Å². The summed E-state index contributed by atoms with van der Waals surface area (Å²) in [6.45, 7) is 14.1. The molecule has 0 radical (unpaired) electrons. The fraction of sp³-hybridized carbons (Fsp3) is 0.980. The fourth-order valence-corrected chi connectivity index (χ4v) is 26.4. The molecule has 4 saturated carbocycles. The molecule has 12 heteroatoms. The lowest BCUT2D eigenvalue weighted by Crippen LogP contribution is -2.62. The van der Waals surface area contributed by atoms with Crippen LogP contribution in [0, 0.1) is 94.7 Å². The Morgan fingerprint density at radius 2 is 0.304 bits per heavy atom. The highest BCUT2D eigenvalue weighted by molar-refractivity contribution is 5.66. The van der Waals surface area contributed by atoms with Crippen LogP contribution >= 0.6 is 0 Å². The SMILES string of the molecule is CCCCCCCCCCC1CCC(CCCCCCCCCC)C2C3NC(NC4NC(NC5NC(NC6NC(N3)C3C(CCCCCCCCCC)CCC(CCCCCCCCCC)C63)C3C(CCCC(=O)O)CCC(CCCC(=O)O)C53)C3C(CCCCCCCCCC)CCC(CCCCCCCCCC)C43)C12. The van der Waals surface area contributed by atoms with Crippen LogP contribution in [0.15, 0.2) is 0 Å². The highest BCUT2D eigenvalue weighted by Gasteiger charge is 2.61. The molecule has 5 saturated heterocycles. The van der Waals surface area contributed by atoms with Crippen LogP contribution in [0.1, 0.15) is 478 Å². The van der Waals surface area contributed by atoms with Crippen LogP contribution in [0.2, 0.25) is 0 Å². The molecule has 5 aliphatic heterocycles. The van der Waals surface area contributed by atoms with Gasteiger partial charge in [-0.15, -0.1) is 0 Å². The van der Waals surface area contributed by atoms with Gasteiger partial charge in [-0.1, -0.05) is 388 Å². The summed E-state index contributed by atoms with van der Waals surface area (Å²) in [5, 5.41) is 59.1. The first kappa shape index (κ1) is 94.5. The van der Waals surface area contributed by atoms with E-state index in [0.29, 0.717) is 94.7 Å². The van der Waals surface area contributed by atoms with Crippen LogP contribution in [0.5, 0.6) is 0 Å². The Morgan fingerprint density at radius 1 is 0.188 bits per heavy atom. The number of nitrogens with one attached hydrogen (secondary N) is 8. The Bertz CT molecular complexity index is 2240. The molecule has 0 amide bonds. The van der Waals surface area contributed by atoms with Crippen LogP contribution in [0.25, 0.3) is 0 Å². The Hall–Kier alpha value is -1.38. The van der Waals surface area contributed by atoms with E-state index in [0.717, 1.165) is 38.5 Å². The Kier molecular flexibility index (Phi) is 46.8. The van der Waals surface area contributed by atoms with E-state index in [-0.39, 0.29) is 62.2 Å². The second-order valence-corrected chi connectivity index (χ2v) is 40.3. The minimum Gasteiger partial charge on any atom is -0.481 e. The van der Waals surface area contributed by atoms with Gasteiger partial charge in [0.1, 0.15) is 0 Å². The molecule has 9 aliphatic rings. The van der Waals surface area contributed by atoms with E-state index in [2.05, 4.69) is 46.9 Å². The van der Waals surface area contributed by atoms with Crippen LogP contribution in [0.3, 0.4) is 0 Å². The summed E-state index contributed by atoms with van der Waals surface area (Å²) in [4.78, 5) is 25.1. The Morgan fingerprint density at radius 3 is 0.429 bits per heavy atom. The second-order valence-electron chi connectivity index (χ2n) is 40.3. The molecule has 0 aromatic heterocycles. The molecule has 0 aromatic carbocycles. The van der Waals surface area contributed by atoms with Gasteiger partial charge in [-0.05, 0) is 172 Å². The number of aliphatic carboxylic acids is 2. The molecule has 652 valence electrons. The molecule has 10 N–H and O–H groups in total. The molecule has 5 heterocycles. The topological polar surface area (TPSA) is 171 Å². The lowest BCUT2D eigenvalue weighted by atomic mass is 9.62. The third kappa shape index (κ3) is 30.6. The molecule has 24 atom stereocenters. The molecule has 8 bridgehead atoms. The molecule has 9 fully saturated rings. The summed E-state index contributed by atoms with van der Waals surface area (Å²) in [6.07, 6.45) is 89.6. The smallest absolute Gasteiger partial charge is 0.303 e. The van der Waals surface area contributed by atoms with E-state index >= 15 is 0 Å². The number of hydrogen-bond acceptors (Lipinski definition) is 10. The highest BCUT2D eigenvalue weighted by atomic mass is 16.4. The fourth-order valence-electron chi connectivity index (χ4n) is 26.4. The van der Waals surface area contributed by atoms with Crippen molar-refractivity contribution in [2.45, 2.75) is 527 Å². The zero-order valence-corrected chi connectivity index (χ0v) is 74.7. The van der Waals surface area contributed by atoms with Gasteiger partial charge in [0.25, 0.3) is 0 Å². The molecule has 112 heavy (non-hydrogen) atoms. The molecule has 9 rings (SSSR count). The average molecular weight is 1570 g/mol. The maximum absolute atomic E-state index is 12.6. The van der Waals surface area contributed by atoms with Gasteiger partial charge in [0, 0.05) is 12.8 Å². The molecule has 12 nitrogen and oxygen atoms in total. The number of carbonyl (C=O) groups is 2. The van der Waals surface area contributed by atoms with Gasteiger partial charge < -0.3 is 10.2 Å². The maximum Gasteiger partial charge on any atom is 0.303 e. The van der Waals surface area contributed by atoms with Gasteiger partial charge in [-0.3, -0.25) is 52.1 Å². The third-order valence-electron chi connectivity index (χ3n) is 32.2. The lowest BCUT2D eigenvalue weighted by molar-refractivity contribution is -0.138. The van der Waals surface area contributed by atoms with E-state index < -0.39 is 11.9 Å². The van der Waals surface area contributed by atoms with Gasteiger partial charge in [-0.2, -0.15) is 0 Å². The number of unbranched alkanes of at least 4 members (excludes halogenated alkanes) is 42. The first-order valence-electron chi connectivity index (χ1n) is 51.6. The molecular formula is C100H188N8O4. The molecular weight excluding hydrogens is 1380 g/mol. The predicted octanol–water partition coefficient (Wildman–Crippen LogP) is 26.1. The number of carboxylic acids is 2. The zero-order chi connectivity index (χ0) is 78.8. The summed E-state index contributed by atoms with van der Waals surface area (Å²) in [6, 6.07) is 0. The van der Waals surface area contributed by atoms with E-state index in [4.69, 9.17) is 37.2 Å². The van der Waals surface area contributed by atoms with Crippen molar-refractivity contribution in [3.05, 3.63) is 0 Å². The summed E-state index contributed by atoms with van der Waals surface area (Å²) < 4.78 is 0. The maximum atomic E-state index is 12.6. The zero-order valence-electron chi connectivity index (χ0n) is 74.7. The van der Waals surface area contributed by atoms with Crippen molar-refractivity contribution in [2.24, 2.45) is 94.7 Å². The van der Waals surface area contributed by atoms with Gasteiger partial charge in [-0.25, -0.2) is 0 Å². The van der Waals surface area contributed by atoms with Gasteiger partial charge in [0.05, 0.1) is 49.3 Å². The van der Waals surface area contributed by atoms with E-state index in [9.17, 15) is 19.8 Å². The third-order valence-corrected chi connectivity index (χ3v) is 32.2. The normalized spacial score (nSPS) is 33.6. The first-order chi connectivity index (χ1) is 55.1. The minimum absolute atomic E-state index is 0.0476. The first-order valence-corrected chi connectivity index (χ1v) is 51.6. The number of hydrogen-bond donors (Lipinski definition) is 10. The van der Waals surface area contributed by atoms with Gasteiger partial charge in [0.15, 0.2) is 0 Å². The summed E-state index contributed by atoms with van der Waals surface area (Å²) >= 11 is 0. The molecule has 24 unspecified atom stereocenters. The number of rotatable bonds is 62. The van der Waals surface area contributed by atoms with Crippen LogP contribution in [-0.4, -0.2) is 71.5 Å². The molecule has 4 aliphatic carbocycles. The van der Waals surface area contributed by atoms with Crippen molar-refractivity contribution in [1.82, 2.24) is 42.5 Å². The van der Waals surface area contributed by atoms with Crippen molar-refractivity contribution in [3.63, 3.8) is 0 Å². The monoisotopic (exact) mass is 1570 g/mol. The lowest BCUT2D eigenvalue weighted by Gasteiger charge is -2.46. The van der Waals surface area contributed by atoms with Crippen LogP contribution in [0.4, 0.5) is 0 Å². The summed E-state index contributed by atoms with van der Waals surface area (Å²) in [5.41, 5.74) is 0. The van der Waals surface area contributed by atoms with Crippen molar-refractivity contribution < 1.29 is 19.8 Å². The standard InChI is InChI=1S/C100H188N8O4/c1-7-13-19-25-31-37-43-49-57-75-67-68-76(58-50-44-38-32-26-20-14-8-2)86-85(75)93-101-94(86)103-96-88-78(60-52-46-40-34-28-22-16-10-4)70-72-80(62-54-48-42-36-30-24-18-12-6)90(88)98(105-96)107-100-92-82(64-56-66-84(111)112)74-73-81(63-55-65-83(109)110)91(92)99(108-100)106-97-89-79(61-53-47-41-35-29-23-17-11-5)71-69-77(87(89)95(102-93)104-97)59-51-45-39-33-27-21-15-9-3/h75-82,85-108H,7-74H2,1-6H3,(H,109,110)(H,111,112). The largest absolute Gasteiger partial charge is 0.481 e. The van der Waals surface area contributed by atoms with Crippen molar-refractivity contribution in [2.75, 3.05) is 0 Å². The Labute approximate surface area is 692 Å². The average Bonchev–Trinajstić information content (AvgIpc) is 1.58. The van der Waals surface area contributed by atoms with E-state index in [1.807, 2.05) is 0 Å². The number of carboxylic acid groups (broad SMARTS) is 2. The van der Waals surface area contributed by atoms with Gasteiger partial charge >= 0.3 is 11.9 Å². The number of fused-ring (bicyclic) bond motifs is 20. The van der Waals surface area contributed by atoms with Crippen molar-refractivity contribution in [1.29, 1.82) is 0 Å². The molecule has 0 spiro atoms. The highest BCUT2D eigenvalue weighted by Crippen LogP contribution is 2.56. The molecule has 0 aromatic rings. The quantitative estimate of drug-likeness (QED) is 0.0262.